The van der Waals surface area contributed by atoms with E-state index in [1.807, 2.05) is 11.9 Å². The predicted octanol–water partition coefficient (Wildman–Crippen LogP) is 3.64. The van der Waals surface area contributed by atoms with Gasteiger partial charge < -0.3 is 15.0 Å². The molecule has 2 heterocycles. The Morgan fingerprint density at radius 2 is 2.12 bits per heavy atom. The van der Waals surface area contributed by atoms with Gasteiger partial charge in [0.25, 0.3) is 0 Å². The molecular weight excluding hydrogens is 524 g/mol. The van der Waals surface area contributed by atoms with Gasteiger partial charge in [-0.2, -0.15) is 5.26 Å². The van der Waals surface area contributed by atoms with Crippen LogP contribution in [0.4, 0.5) is 0 Å². The molecule has 0 bridgehead atoms. The average molecular weight is 577 g/mol. The molecule has 2 aliphatic heterocycles. The number of hydrogen-bond acceptors (Lipinski definition) is 7. The molecule has 2 saturated heterocycles. The molecule has 5 rings (SSSR count). The van der Waals surface area contributed by atoms with Crippen LogP contribution in [0, 0.1) is 34.5 Å². The summed E-state index contributed by atoms with van der Waals surface area (Å²) < 4.78 is 6.56. The highest BCUT2D eigenvalue weighted by atomic mass is 16.5. The molecule has 8 heteroatoms. The van der Waals surface area contributed by atoms with E-state index >= 15 is 0 Å². The first-order chi connectivity index (χ1) is 20.4. The van der Waals surface area contributed by atoms with Crippen LogP contribution in [0.1, 0.15) is 63.5 Å². The first-order valence-corrected chi connectivity index (χ1v) is 16.3. The minimum atomic E-state index is -0.216. The van der Waals surface area contributed by atoms with Crippen molar-refractivity contribution in [1.82, 2.24) is 25.8 Å². The summed E-state index contributed by atoms with van der Waals surface area (Å²) in [5.41, 5.74) is 3.36. The number of nitrogens with zero attached hydrogens (tertiary/aromatic N) is 3. The third-order valence-electron chi connectivity index (χ3n) is 10.8. The lowest BCUT2D eigenvalue weighted by molar-refractivity contribution is -0.138. The van der Waals surface area contributed by atoms with E-state index in [9.17, 15) is 10.1 Å². The van der Waals surface area contributed by atoms with Crippen LogP contribution in [0.3, 0.4) is 0 Å². The van der Waals surface area contributed by atoms with Crippen LogP contribution in [-0.2, 0) is 22.4 Å². The first-order valence-electron chi connectivity index (χ1n) is 16.3. The number of carbonyl (C=O) groups excluding carboxylic acids is 1. The topological polar surface area (TPSA) is 92.7 Å². The molecule has 3 N–H and O–H groups in total. The number of benzene rings is 1. The van der Waals surface area contributed by atoms with E-state index in [0.29, 0.717) is 55.3 Å². The summed E-state index contributed by atoms with van der Waals surface area (Å²) in [6, 6.07) is 11.6. The van der Waals surface area contributed by atoms with Crippen LogP contribution in [0.2, 0.25) is 0 Å². The number of carbonyl (C=O) groups is 1. The Morgan fingerprint density at radius 1 is 1.31 bits per heavy atom. The lowest BCUT2D eigenvalue weighted by atomic mass is 9.55. The number of ether oxygens (including phenoxy) is 1. The minimum absolute atomic E-state index is 0.0781. The SMILES string of the molecule is C=CC(=O)N1CCN(C2NC(OCC(C)CCCNC)NC3C[C@]4(CCC32)Cc2ccccc2CC4C)CC1CC#N. The lowest BCUT2D eigenvalue weighted by Gasteiger charge is -2.57. The van der Waals surface area contributed by atoms with E-state index in [1.165, 1.54) is 23.6 Å². The van der Waals surface area contributed by atoms with Crippen molar-refractivity contribution in [3.05, 3.63) is 48.0 Å². The van der Waals surface area contributed by atoms with Gasteiger partial charge in [-0.15, -0.1) is 0 Å². The van der Waals surface area contributed by atoms with Gasteiger partial charge in [0, 0.05) is 31.6 Å². The Labute approximate surface area is 253 Å². The Hall–Kier alpha value is -2.28. The van der Waals surface area contributed by atoms with E-state index in [2.05, 4.69) is 71.6 Å². The number of amides is 1. The Balaban J connectivity index is 1.34. The van der Waals surface area contributed by atoms with Crippen LogP contribution in [0.25, 0.3) is 0 Å². The average Bonchev–Trinajstić information content (AvgIpc) is 3.00. The molecule has 1 aromatic rings. The number of nitrogens with one attached hydrogen (secondary N) is 3. The van der Waals surface area contributed by atoms with Gasteiger partial charge in [-0.05, 0) is 93.0 Å². The van der Waals surface area contributed by atoms with Crippen molar-refractivity contribution in [1.29, 1.82) is 5.26 Å². The molecule has 230 valence electrons. The van der Waals surface area contributed by atoms with Crippen LogP contribution in [0.5, 0.6) is 0 Å². The molecule has 4 aliphatic rings. The van der Waals surface area contributed by atoms with E-state index in [4.69, 9.17) is 4.74 Å². The maximum atomic E-state index is 12.6. The largest absolute Gasteiger partial charge is 0.350 e. The van der Waals surface area contributed by atoms with Crippen molar-refractivity contribution < 1.29 is 9.53 Å². The predicted molar refractivity (Wildman–Crippen MR) is 166 cm³/mol. The summed E-state index contributed by atoms with van der Waals surface area (Å²) in [4.78, 5) is 16.9. The van der Waals surface area contributed by atoms with Gasteiger partial charge in [0.2, 0.25) is 5.91 Å². The summed E-state index contributed by atoms with van der Waals surface area (Å²) >= 11 is 0. The van der Waals surface area contributed by atoms with E-state index in [-0.39, 0.29) is 24.5 Å². The molecule has 1 saturated carbocycles. The quantitative estimate of drug-likeness (QED) is 0.289. The Kier molecular flexibility index (Phi) is 10.4. The fourth-order valence-corrected chi connectivity index (χ4v) is 8.33. The van der Waals surface area contributed by atoms with Gasteiger partial charge in [-0.3, -0.25) is 20.3 Å². The molecule has 1 amide bonds. The van der Waals surface area contributed by atoms with Gasteiger partial charge in [-0.1, -0.05) is 44.7 Å². The summed E-state index contributed by atoms with van der Waals surface area (Å²) in [5.74, 6) is 1.49. The van der Waals surface area contributed by atoms with Crippen LogP contribution in [0.15, 0.2) is 36.9 Å². The zero-order valence-electron chi connectivity index (χ0n) is 26.0. The molecule has 3 fully saturated rings. The van der Waals surface area contributed by atoms with Crippen molar-refractivity contribution in [3.8, 4) is 6.07 Å². The Bertz CT molecular complexity index is 1120. The van der Waals surface area contributed by atoms with E-state index in [1.54, 1.807) is 0 Å². The van der Waals surface area contributed by atoms with Crippen molar-refractivity contribution >= 4 is 5.91 Å². The third-order valence-corrected chi connectivity index (χ3v) is 10.8. The van der Waals surface area contributed by atoms with Crippen LogP contribution >= 0.6 is 0 Å². The van der Waals surface area contributed by atoms with Crippen molar-refractivity contribution in [2.24, 2.45) is 23.2 Å². The van der Waals surface area contributed by atoms with Crippen molar-refractivity contribution in [3.63, 3.8) is 0 Å². The van der Waals surface area contributed by atoms with Gasteiger partial charge in [0.1, 0.15) is 0 Å². The summed E-state index contributed by atoms with van der Waals surface area (Å²) in [5, 5.41) is 20.6. The summed E-state index contributed by atoms with van der Waals surface area (Å²) in [7, 11) is 2.00. The van der Waals surface area contributed by atoms with E-state index in [0.717, 1.165) is 51.6 Å². The fraction of sp³-hybridized carbons (Fsp3) is 0.706. The van der Waals surface area contributed by atoms with Crippen LogP contribution in [-0.4, -0.2) is 80.1 Å². The van der Waals surface area contributed by atoms with Crippen molar-refractivity contribution in [2.75, 3.05) is 39.8 Å². The molecule has 7 unspecified atom stereocenters. The molecule has 42 heavy (non-hydrogen) atoms. The zero-order valence-corrected chi connectivity index (χ0v) is 26.0. The second kappa shape index (κ2) is 14.0. The molecule has 0 radical (unpaired) electrons. The van der Waals surface area contributed by atoms with Crippen molar-refractivity contribution in [2.45, 2.75) is 89.8 Å². The number of hydrogen-bond donors (Lipinski definition) is 3. The summed E-state index contributed by atoms with van der Waals surface area (Å²) in [6.45, 7) is 12.3. The van der Waals surface area contributed by atoms with Gasteiger partial charge >= 0.3 is 0 Å². The monoisotopic (exact) mass is 576 g/mol. The molecule has 8 atom stereocenters. The molecule has 8 nitrogen and oxygen atoms in total. The number of piperazine rings is 1. The smallest absolute Gasteiger partial charge is 0.246 e. The van der Waals surface area contributed by atoms with Gasteiger partial charge in [0.05, 0.1) is 31.3 Å². The number of nitriles is 1. The molecule has 2 aliphatic carbocycles. The maximum absolute atomic E-state index is 12.6. The van der Waals surface area contributed by atoms with Gasteiger partial charge in [0.15, 0.2) is 6.35 Å². The van der Waals surface area contributed by atoms with Gasteiger partial charge in [-0.25, -0.2) is 0 Å². The fourth-order valence-electron chi connectivity index (χ4n) is 8.33. The maximum Gasteiger partial charge on any atom is 0.246 e. The molecule has 0 aromatic heterocycles. The molecule has 1 aromatic carbocycles. The first kappa shape index (κ1) is 31.2. The lowest BCUT2D eigenvalue weighted by Crippen LogP contribution is -2.72. The number of fused-ring (bicyclic) bond motifs is 2. The Morgan fingerprint density at radius 3 is 2.88 bits per heavy atom. The summed E-state index contributed by atoms with van der Waals surface area (Å²) in [6.07, 6.45) is 9.79. The second-order valence-corrected chi connectivity index (χ2v) is 13.5. The van der Waals surface area contributed by atoms with Crippen LogP contribution < -0.4 is 16.0 Å². The molecular formula is C34H52N6O2. The highest BCUT2D eigenvalue weighted by Gasteiger charge is 2.51. The third kappa shape index (κ3) is 6.76. The minimum Gasteiger partial charge on any atom is -0.350 e. The van der Waals surface area contributed by atoms with E-state index < -0.39 is 0 Å². The normalized spacial score (nSPS) is 33.8. The highest BCUT2D eigenvalue weighted by molar-refractivity contribution is 5.87. The standard InChI is InChI=1S/C34H52N6O2/c1-5-31(41)40-18-17-39(22-28(40)13-15-35)32-29-12-14-34(20-27-11-7-6-10-26(27)19-25(34)3)21-30(29)37-33(38-32)42-23-24(2)9-8-16-36-4/h5-7,10-11,24-25,28-30,32-33,36-38H,1,8-9,12-14,16-23H2,2-4H3/t24?,25?,28?,29?,30?,32?,33?,34-/m0/s1. The second-order valence-electron chi connectivity index (χ2n) is 13.5. The molecule has 1 spiro atoms. The zero-order chi connectivity index (χ0) is 29.7. The highest BCUT2D eigenvalue weighted by Crippen LogP contribution is 2.52. The number of rotatable bonds is 10.